The SMILES string of the molecule is Cc1ccc(C(=O)O)cc1.Cc1ccc(C(=O)O)cc1.Cc1ccc(C(=O)O)cc1.Cc1ccc(C(=O)O)cc1.O=C(O)c1cc2cc(c1)CNCCCNCCCNC2. The average molecular weight is 822 g/mol. The van der Waals surface area contributed by atoms with Crippen LogP contribution in [0, 0.1) is 27.7 Å². The minimum absolute atomic E-state index is 0.339. The van der Waals surface area contributed by atoms with Gasteiger partial charge in [-0.3, -0.25) is 0 Å². The number of carboxylic acid groups (broad SMARTS) is 5. The number of rotatable bonds is 5. The highest BCUT2D eigenvalue weighted by atomic mass is 16.4. The third-order valence-electron chi connectivity index (χ3n) is 8.57. The van der Waals surface area contributed by atoms with E-state index in [0.717, 1.165) is 72.4 Å². The fourth-order valence-electron chi connectivity index (χ4n) is 5.14. The van der Waals surface area contributed by atoms with Crippen LogP contribution in [0.25, 0.3) is 0 Å². The van der Waals surface area contributed by atoms with Crippen LogP contribution in [-0.4, -0.2) is 81.6 Å². The maximum Gasteiger partial charge on any atom is 0.335 e. The molecule has 6 rings (SSSR count). The predicted molar refractivity (Wildman–Crippen MR) is 231 cm³/mol. The van der Waals surface area contributed by atoms with Crippen molar-refractivity contribution in [1.82, 2.24) is 16.0 Å². The quantitative estimate of drug-likeness (QED) is 0.0852. The van der Waals surface area contributed by atoms with E-state index < -0.39 is 29.8 Å². The van der Waals surface area contributed by atoms with Crippen molar-refractivity contribution in [2.75, 3.05) is 26.2 Å². The summed E-state index contributed by atoms with van der Waals surface area (Å²) in [5.74, 6) is -4.36. The molecule has 0 saturated heterocycles. The van der Waals surface area contributed by atoms with Crippen LogP contribution in [0.3, 0.4) is 0 Å². The molecule has 0 unspecified atom stereocenters. The Bertz CT molecular complexity index is 1850. The van der Waals surface area contributed by atoms with Crippen molar-refractivity contribution in [3.05, 3.63) is 176 Å². The molecule has 0 saturated carbocycles. The Morgan fingerprint density at radius 2 is 0.583 bits per heavy atom. The summed E-state index contributed by atoms with van der Waals surface area (Å²) in [6, 6.07) is 32.6. The lowest BCUT2D eigenvalue weighted by Gasteiger charge is -2.12. The van der Waals surface area contributed by atoms with Crippen LogP contribution in [0.2, 0.25) is 0 Å². The Morgan fingerprint density at radius 3 is 0.817 bits per heavy atom. The first-order chi connectivity index (χ1) is 28.5. The molecule has 0 spiro atoms. The van der Waals surface area contributed by atoms with E-state index in [1.165, 1.54) is 0 Å². The van der Waals surface area contributed by atoms with Crippen molar-refractivity contribution in [2.24, 2.45) is 0 Å². The number of benzene rings is 5. The first-order valence-corrected chi connectivity index (χ1v) is 19.2. The maximum atomic E-state index is 11.2. The summed E-state index contributed by atoms with van der Waals surface area (Å²) in [6.45, 7) is 13.0. The first kappa shape index (κ1) is 49.5. The van der Waals surface area contributed by atoms with Crippen molar-refractivity contribution in [2.45, 2.75) is 53.6 Å². The van der Waals surface area contributed by atoms with E-state index in [9.17, 15) is 29.1 Å². The van der Waals surface area contributed by atoms with Gasteiger partial charge in [-0.1, -0.05) is 76.9 Å². The van der Waals surface area contributed by atoms with E-state index in [-0.39, 0.29) is 0 Å². The maximum absolute atomic E-state index is 11.2. The van der Waals surface area contributed by atoms with E-state index in [1.54, 1.807) is 109 Å². The molecule has 0 fully saturated rings. The molecule has 8 N–H and O–H groups in total. The fraction of sp³-hybridized carbons (Fsp3) is 0.255. The molecule has 0 aromatic heterocycles. The molecule has 0 amide bonds. The van der Waals surface area contributed by atoms with Gasteiger partial charge in [0.05, 0.1) is 27.8 Å². The van der Waals surface area contributed by atoms with Gasteiger partial charge in [0, 0.05) is 13.1 Å². The van der Waals surface area contributed by atoms with Gasteiger partial charge < -0.3 is 41.5 Å². The number of aryl methyl sites for hydroxylation is 4. The molecule has 318 valence electrons. The smallest absolute Gasteiger partial charge is 0.335 e. The number of carboxylic acids is 5. The van der Waals surface area contributed by atoms with Crippen molar-refractivity contribution in [1.29, 1.82) is 0 Å². The fourth-order valence-corrected chi connectivity index (χ4v) is 5.14. The summed E-state index contributed by atoms with van der Waals surface area (Å²) in [4.78, 5) is 52.4. The van der Waals surface area contributed by atoms with Gasteiger partial charge >= 0.3 is 29.8 Å². The first-order valence-electron chi connectivity index (χ1n) is 19.2. The average Bonchev–Trinajstić information content (AvgIpc) is 3.21. The highest BCUT2D eigenvalue weighted by molar-refractivity contribution is 5.89. The minimum atomic E-state index is -0.875. The van der Waals surface area contributed by atoms with Gasteiger partial charge in [0.15, 0.2) is 0 Å². The number of fused-ring (bicyclic) bond motifs is 2. The van der Waals surface area contributed by atoms with Crippen LogP contribution >= 0.6 is 0 Å². The zero-order valence-corrected chi connectivity index (χ0v) is 34.4. The van der Waals surface area contributed by atoms with Gasteiger partial charge in [0.1, 0.15) is 0 Å². The van der Waals surface area contributed by atoms with E-state index in [0.29, 0.717) is 40.9 Å². The van der Waals surface area contributed by atoms with E-state index >= 15 is 0 Å². The van der Waals surface area contributed by atoms with Crippen molar-refractivity contribution in [3.8, 4) is 0 Å². The number of aromatic carboxylic acids is 5. The third-order valence-corrected chi connectivity index (χ3v) is 8.57. The lowest BCUT2D eigenvalue weighted by atomic mass is 10.1. The molecular formula is C47H55N3O10. The van der Waals surface area contributed by atoms with Crippen molar-refractivity contribution >= 4 is 29.8 Å². The second-order valence-corrected chi connectivity index (χ2v) is 13.8. The zero-order valence-electron chi connectivity index (χ0n) is 34.4. The van der Waals surface area contributed by atoms with Crippen molar-refractivity contribution in [3.63, 3.8) is 0 Å². The van der Waals surface area contributed by atoms with E-state index in [1.807, 2.05) is 27.7 Å². The van der Waals surface area contributed by atoms with E-state index in [2.05, 4.69) is 22.0 Å². The highest BCUT2D eigenvalue weighted by Gasteiger charge is 2.08. The molecule has 13 heteroatoms. The Balaban J connectivity index is 0.000000269. The van der Waals surface area contributed by atoms with Gasteiger partial charge in [-0.2, -0.15) is 0 Å². The van der Waals surface area contributed by atoms with Crippen LogP contribution < -0.4 is 16.0 Å². The third kappa shape index (κ3) is 20.7. The molecular weight excluding hydrogens is 767 g/mol. The Morgan fingerprint density at radius 1 is 0.350 bits per heavy atom. The molecule has 1 heterocycles. The van der Waals surface area contributed by atoms with Gasteiger partial charge in [-0.25, -0.2) is 24.0 Å². The summed E-state index contributed by atoms with van der Waals surface area (Å²) in [6.07, 6.45) is 2.16. The van der Waals surface area contributed by atoms with Gasteiger partial charge in [-0.05, 0) is 139 Å². The van der Waals surface area contributed by atoms with Crippen LogP contribution in [0.15, 0.2) is 115 Å². The molecule has 60 heavy (non-hydrogen) atoms. The number of nitrogens with one attached hydrogen (secondary N) is 3. The number of hydrogen-bond donors (Lipinski definition) is 8. The standard InChI is InChI=1S/C15H23N3O2.4C8H8O2/c19-15(20)14-8-12-7-13(9-14)11-18-6-2-4-16-3-1-5-17-10-12;4*1-6-2-4-7(5-3-6)8(9)10/h7-9,16-18H,1-6,10-11H2,(H,19,20);4*2-5H,1H3,(H,9,10). The summed E-state index contributed by atoms with van der Waals surface area (Å²) in [5.41, 5.74) is 8.09. The van der Waals surface area contributed by atoms with Crippen molar-refractivity contribution < 1.29 is 49.5 Å². The topological polar surface area (TPSA) is 223 Å². The van der Waals surface area contributed by atoms with Gasteiger partial charge in [0.2, 0.25) is 0 Å². The normalized spacial score (nSPS) is 12.3. The Labute approximate surface area is 350 Å². The highest BCUT2D eigenvalue weighted by Crippen LogP contribution is 2.12. The Kier molecular flexibility index (Phi) is 22.3. The van der Waals surface area contributed by atoms with Crippen LogP contribution in [0.4, 0.5) is 0 Å². The molecule has 1 aliphatic heterocycles. The molecule has 13 nitrogen and oxygen atoms in total. The lowest BCUT2D eigenvalue weighted by molar-refractivity contribution is 0.0686. The second kappa shape index (κ2) is 27.1. The number of hydrogen-bond acceptors (Lipinski definition) is 8. The molecule has 5 aromatic rings. The van der Waals surface area contributed by atoms with Gasteiger partial charge in [-0.15, -0.1) is 0 Å². The molecule has 5 aromatic carbocycles. The zero-order chi connectivity index (χ0) is 44.5. The summed E-state index contributed by atoms with van der Waals surface area (Å²) in [7, 11) is 0. The predicted octanol–water partition coefficient (Wildman–Crippen LogP) is 7.72. The second-order valence-electron chi connectivity index (χ2n) is 13.8. The molecule has 2 bridgehead atoms. The molecule has 0 atom stereocenters. The summed E-state index contributed by atoms with van der Waals surface area (Å²) < 4.78 is 0. The monoisotopic (exact) mass is 821 g/mol. The largest absolute Gasteiger partial charge is 0.478 e. The molecule has 0 radical (unpaired) electrons. The summed E-state index contributed by atoms with van der Waals surface area (Å²) >= 11 is 0. The van der Waals surface area contributed by atoms with Crippen LogP contribution in [-0.2, 0) is 13.1 Å². The molecule has 0 aliphatic carbocycles. The van der Waals surface area contributed by atoms with Crippen LogP contribution in [0.1, 0.15) is 98.0 Å². The Hall–Kier alpha value is -6.67. The van der Waals surface area contributed by atoms with Gasteiger partial charge in [0.25, 0.3) is 0 Å². The summed E-state index contributed by atoms with van der Waals surface area (Å²) in [5, 5.41) is 53.2. The van der Waals surface area contributed by atoms with E-state index in [4.69, 9.17) is 20.4 Å². The lowest BCUT2D eigenvalue weighted by Crippen LogP contribution is -2.26. The minimum Gasteiger partial charge on any atom is -0.478 e. The number of carbonyl (C=O) groups is 5. The molecule has 1 aliphatic rings. The van der Waals surface area contributed by atoms with Crippen LogP contribution in [0.5, 0.6) is 0 Å².